The van der Waals surface area contributed by atoms with Crippen LogP contribution in [0.1, 0.15) is 18.4 Å². The lowest BCUT2D eigenvalue weighted by Gasteiger charge is -2.31. The zero-order valence-electron chi connectivity index (χ0n) is 17.2. The summed E-state index contributed by atoms with van der Waals surface area (Å²) in [5, 5.41) is 6.08. The molecule has 2 N–H and O–H groups in total. The number of carbonyl (C=O) groups is 2. The van der Waals surface area contributed by atoms with Crippen LogP contribution in [0.3, 0.4) is 0 Å². The molecule has 2 aromatic rings. The Balaban J connectivity index is 1.44. The van der Waals surface area contributed by atoms with Gasteiger partial charge in [-0.15, -0.1) is 0 Å². The number of ether oxygens (including phenoxy) is 1. The van der Waals surface area contributed by atoms with Crippen molar-refractivity contribution in [2.75, 3.05) is 30.3 Å². The molecule has 2 amide bonds. The Morgan fingerprint density at radius 1 is 1.19 bits per heavy atom. The summed E-state index contributed by atoms with van der Waals surface area (Å²) in [5.74, 6) is -0.545. The van der Waals surface area contributed by atoms with Gasteiger partial charge in [-0.3, -0.25) is 9.59 Å². The van der Waals surface area contributed by atoms with Gasteiger partial charge in [-0.25, -0.2) is 8.42 Å². The summed E-state index contributed by atoms with van der Waals surface area (Å²) in [7, 11) is -3.90. The highest BCUT2D eigenvalue weighted by Crippen LogP contribution is 2.37. The molecule has 0 atom stereocenters. The van der Waals surface area contributed by atoms with E-state index in [1.54, 1.807) is 18.2 Å². The first-order chi connectivity index (χ1) is 15.1. The number of aryl methyl sites for hydroxylation is 1. The summed E-state index contributed by atoms with van der Waals surface area (Å²) in [6.45, 7) is 2.03. The van der Waals surface area contributed by atoms with Gasteiger partial charge in [-0.1, -0.05) is 23.2 Å². The summed E-state index contributed by atoms with van der Waals surface area (Å²) in [6, 6.07) is 7.92. The monoisotopic (exact) mass is 497 g/mol. The van der Waals surface area contributed by atoms with Gasteiger partial charge < -0.3 is 15.4 Å². The summed E-state index contributed by atoms with van der Waals surface area (Å²) in [5.41, 5.74) is 1.87. The number of fused-ring (bicyclic) bond motifs is 1. The predicted molar refractivity (Wildman–Crippen MR) is 122 cm³/mol. The van der Waals surface area contributed by atoms with E-state index in [-0.39, 0.29) is 53.1 Å². The largest absolute Gasteiger partial charge is 0.482 e. The fraction of sp³-hybridized carbons (Fsp3) is 0.333. The highest BCUT2D eigenvalue weighted by atomic mass is 35.5. The minimum atomic E-state index is -3.90. The molecule has 1 fully saturated rings. The first kappa shape index (κ1) is 22.8. The fourth-order valence-corrected chi connectivity index (χ4v) is 5.99. The molecule has 4 rings (SSSR count). The van der Waals surface area contributed by atoms with Crippen molar-refractivity contribution in [3.8, 4) is 5.75 Å². The molecule has 0 radical (unpaired) electrons. The lowest BCUT2D eigenvalue weighted by molar-refractivity contribution is -0.121. The van der Waals surface area contributed by atoms with Gasteiger partial charge in [0.1, 0.15) is 10.6 Å². The average molecular weight is 498 g/mol. The van der Waals surface area contributed by atoms with Crippen molar-refractivity contribution in [1.82, 2.24) is 4.31 Å². The molecular formula is C21H21Cl2N3O5S. The van der Waals surface area contributed by atoms with Gasteiger partial charge >= 0.3 is 0 Å². The van der Waals surface area contributed by atoms with Crippen molar-refractivity contribution in [1.29, 1.82) is 0 Å². The normalized spacial score (nSPS) is 17.3. The molecule has 8 nitrogen and oxygen atoms in total. The summed E-state index contributed by atoms with van der Waals surface area (Å²) < 4.78 is 33.0. The van der Waals surface area contributed by atoms with E-state index in [9.17, 15) is 18.0 Å². The topological polar surface area (TPSA) is 105 Å². The minimum Gasteiger partial charge on any atom is -0.482 e. The van der Waals surface area contributed by atoms with Gasteiger partial charge in [0.05, 0.1) is 10.7 Å². The molecular weight excluding hydrogens is 477 g/mol. The maximum Gasteiger partial charge on any atom is 0.262 e. The number of anilines is 2. The summed E-state index contributed by atoms with van der Waals surface area (Å²) >= 11 is 12.2. The van der Waals surface area contributed by atoms with E-state index in [1.165, 1.54) is 16.4 Å². The van der Waals surface area contributed by atoms with Crippen LogP contribution in [-0.2, 0) is 19.6 Å². The molecule has 32 heavy (non-hydrogen) atoms. The van der Waals surface area contributed by atoms with Crippen LogP contribution in [-0.4, -0.2) is 44.2 Å². The van der Waals surface area contributed by atoms with Crippen molar-refractivity contribution in [2.45, 2.75) is 24.7 Å². The molecule has 2 aromatic carbocycles. The van der Waals surface area contributed by atoms with Crippen LogP contribution in [0.15, 0.2) is 35.2 Å². The van der Waals surface area contributed by atoms with Gasteiger partial charge in [-0.2, -0.15) is 4.31 Å². The third-order valence-corrected chi connectivity index (χ3v) is 8.15. The van der Waals surface area contributed by atoms with Crippen LogP contribution in [0, 0.1) is 12.8 Å². The predicted octanol–water partition coefficient (Wildman–Crippen LogP) is 3.67. The lowest BCUT2D eigenvalue weighted by Crippen LogP contribution is -2.41. The molecule has 2 aliphatic heterocycles. The molecule has 0 aromatic heterocycles. The zero-order chi connectivity index (χ0) is 23.0. The van der Waals surface area contributed by atoms with E-state index in [0.717, 1.165) is 5.56 Å². The Morgan fingerprint density at radius 2 is 1.91 bits per heavy atom. The number of hydrogen-bond donors (Lipinski definition) is 2. The van der Waals surface area contributed by atoms with Gasteiger partial charge in [0.2, 0.25) is 15.9 Å². The van der Waals surface area contributed by atoms with Crippen LogP contribution < -0.4 is 15.4 Å². The third kappa shape index (κ3) is 4.56. The SMILES string of the molecule is Cc1cc(Cl)ccc1NC(=O)C1CCN(S(=O)(=O)c2cc3c(cc2Cl)NC(=O)CO3)CC1. The van der Waals surface area contributed by atoms with Gasteiger partial charge in [0.25, 0.3) is 5.91 Å². The number of nitrogens with zero attached hydrogens (tertiary/aromatic N) is 1. The number of benzene rings is 2. The second-order valence-corrected chi connectivity index (χ2v) is 10.5. The van der Waals surface area contributed by atoms with E-state index in [0.29, 0.717) is 29.2 Å². The van der Waals surface area contributed by atoms with Crippen molar-refractivity contribution < 1.29 is 22.7 Å². The molecule has 0 bridgehead atoms. The highest BCUT2D eigenvalue weighted by molar-refractivity contribution is 7.89. The molecule has 0 unspecified atom stereocenters. The first-order valence-corrected chi connectivity index (χ1v) is 12.2. The van der Waals surface area contributed by atoms with E-state index in [1.807, 2.05) is 6.92 Å². The van der Waals surface area contributed by atoms with Gasteiger partial charge in [0, 0.05) is 35.8 Å². The molecule has 170 valence electrons. The average Bonchev–Trinajstić information content (AvgIpc) is 2.75. The Hall–Kier alpha value is -2.33. The first-order valence-electron chi connectivity index (χ1n) is 9.98. The quantitative estimate of drug-likeness (QED) is 0.670. The smallest absolute Gasteiger partial charge is 0.262 e. The van der Waals surface area contributed by atoms with E-state index in [4.69, 9.17) is 27.9 Å². The Bertz CT molecular complexity index is 1190. The van der Waals surface area contributed by atoms with E-state index >= 15 is 0 Å². The van der Waals surface area contributed by atoms with Crippen molar-refractivity contribution in [3.05, 3.63) is 45.9 Å². The Morgan fingerprint density at radius 3 is 2.59 bits per heavy atom. The summed E-state index contributed by atoms with van der Waals surface area (Å²) in [4.78, 5) is 24.1. The summed E-state index contributed by atoms with van der Waals surface area (Å²) in [6.07, 6.45) is 0.764. The second-order valence-electron chi connectivity index (χ2n) is 7.74. The number of carbonyl (C=O) groups excluding carboxylic acids is 2. The van der Waals surface area contributed by atoms with Crippen LogP contribution in [0.5, 0.6) is 5.75 Å². The van der Waals surface area contributed by atoms with E-state index < -0.39 is 10.0 Å². The number of halogens is 2. The minimum absolute atomic E-state index is 0.00682. The standard InChI is InChI=1S/C21H21Cl2N3O5S/c1-12-8-14(22)2-3-16(12)25-21(28)13-4-6-26(7-5-13)32(29,30)19-10-18-17(9-15(19)23)24-20(27)11-31-18/h2-3,8-10,13H,4-7,11H2,1H3,(H,24,27)(H,25,28). The fourth-order valence-electron chi connectivity index (χ4n) is 3.78. The van der Waals surface area contributed by atoms with Gasteiger partial charge in [-0.05, 0) is 49.6 Å². The Labute approximate surface area is 195 Å². The lowest BCUT2D eigenvalue weighted by atomic mass is 9.97. The highest BCUT2D eigenvalue weighted by Gasteiger charge is 2.34. The number of hydrogen-bond acceptors (Lipinski definition) is 5. The number of amides is 2. The van der Waals surface area contributed by atoms with Crippen molar-refractivity contribution in [3.63, 3.8) is 0 Å². The molecule has 2 aliphatic rings. The molecule has 2 heterocycles. The molecule has 0 spiro atoms. The Kier molecular flexibility index (Phi) is 6.35. The van der Waals surface area contributed by atoms with Crippen molar-refractivity contribution >= 4 is 56.4 Å². The zero-order valence-corrected chi connectivity index (χ0v) is 19.5. The maximum atomic E-state index is 13.2. The van der Waals surface area contributed by atoms with Crippen LogP contribution >= 0.6 is 23.2 Å². The van der Waals surface area contributed by atoms with Crippen LogP contribution in [0.2, 0.25) is 10.0 Å². The maximum absolute atomic E-state index is 13.2. The molecule has 0 saturated carbocycles. The van der Waals surface area contributed by atoms with Gasteiger partial charge in [0.15, 0.2) is 6.61 Å². The van der Waals surface area contributed by atoms with Crippen LogP contribution in [0.4, 0.5) is 11.4 Å². The van der Waals surface area contributed by atoms with Crippen molar-refractivity contribution in [2.24, 2.45) is 5.92 Å². The number of rotatable bonds is 4. The van der Waals surface area contributed by atoms with E-state index in [2.05, 4.69) is 10.6 Å². The number of piperidine rings is 1. The molecule has 0 aliphatic carbocycles. The van der Waals surface area contributed by atoms with Crippen LogP contribution in [0.25, 0.3) is 0 Å². The third-order valence-electron chi connectivity index (χ3n) is 5.56. The number of nitrogens with one attached hydrogen (secondary N) is 2. The second kappa shape index (κ2) is 8.90. The molecule has 11 heteroatoms. The molecule has 1 saturated heterocycles. The number of sulfonamides is 1.